The highest BCUT2D eigenvalue weighted by Gasteiger charge is 2.17. The molecule has 3 aromatic heterocycles. The Morgan fingerprint density at radius 3 is 2.42 bits per heavy atom. The maximum absolute atomic E-state index is 13.3. The number of hydrogen-bond acceptors (Lipinski definition) is 3. The summed E-state index contributed by atoms with van der Waals surface area (Å²) in [6.45, 7) is 4.02. The topological polar surface area (TPSA) is 52.2 Å². The molecule has 5 rings (SSSR count). The summed E-state index contributed by atoms with van der Waals surface area (Å²) < 4.78 is 3.48. The first kappa shape index (κ1) is 14.8. The van der Waals surface area contributed by atoms with Gasteiger partial charge in [-0.1, -0.05) is 29.3 Å². The van der Waals surface area contributed by atoms with Crippen LogP contribution < -0.4 is 5.56 Å². The van der Waals surface area contributed by atoms with E-state index in [1.807, 2.05) is 73.1 Å². The monoisotopic (exact) mass is 340 g/mol. The number of nitrogens with zero attached hydrogens (tertiary/aromatic N) is 4. The molecule has 126 valence electrons. The quantitative estimate of drug-likeness (QED) is 0.466. The number of aromatic nitrogens is 4. The van der Waals surface area contributed by atoms with Crippen LogP contribution in [0.15, 0.2) is 65.6 Å². The fourth-order valence-corrected chi connectivity index (χ4v) is 3.41. The first-order valence-corrected chi connectivity index (χ1v) is 8.49. The molecule has 0 bridgehead atoms. The van der Waals surface area contributed by atoms with Crippen molar-refractivity contribution in [3.8, 4) is 5.69 Å². The Balaban J connectivity index is 2.05. The van der Waals surface area contributed by atoms with Gasteiger partial charge in [0, 0.05) is 6.20 Å². The van der Waals surface area contributed by atoms with Crippen LogP contribution in [0.3, 0.4) is 0 Å². The predicted molar refractivity (Wildman–Crippen MR) is 103 cm³/mol. The zero-order valence-electron chi connectivity index (χ0n) is 14.5. The van der Waals surface area contributed by atoms with Crippen molar-refractivity contribution >= 4 is 27.6 Å². The van der Waals surface area contributed by atoms with Gasteiger partial charge in [-0.15, -0.1) is 0 Å². The summed E-state index contributed by atoms with van der Waals surface area (Å²) in [5, 5.41) is 1.46. The highest BCUT2D eigenvalue weighted by atomic mass is 16.1. The Morgan fingerprint density at radius 2 is 1.62 bits per heavy atom. The smallest absolute Gasteiger partial charge is 0.267 e. The van der Waals surface area contributed by atoms with Gasteiger partial charge in [0.2, 0.25) is 0 Å². The molecular weight excluding hydrogens is 324 g/mol. The molecule has 26 heavy (non-hydrogen) atoms. The van der Waals surface area contributed by atoms with Gasteiger partial charge in [-0.2, -0.15) is 4.52 Å². The van der Waals surface area contributed by atoms with Crippen molar-refractivity contribution in [1.82, 2.24) is 19.2 Å². The summed E-state index contributed by atoms with van der Waals surface area (Å²) in [5.41, 5.74) is 5.02. The summed E-state index contributed by atoms with van der Waals surface area (Å²) in [6, 6.07) is 17.6. The fraction of sp³-hybridized carbons (Fsp3) is 0.0952. The number of fused-ring (bicyclic) bond motifs is 4. The van der Waals surface area contributed by atoms with E-state index < -0.39 is 0 Å². The molecule has 5 aromatic rings. The third-order valence-corrected chi connectivity index (χ3v) is 4.71. The highest BCUT2D eigenvalue weighted by Crippen LogP contribution is 2.23. The van der Waals surface area contributed by atoms with E-state index in [9.17, 15) is 4.79 Å². The van der Waals surface area contributed by atoms with Crippen LogP contribution in [0.2, 0.25) is 0 Å². The Bertz CT molecular complexity index is 1360. The summed E-state index contributed by atoms with van der Waals surface area (Å²) >= 11 is 0. The van der Waals surface area contributed by atoms with E-state index in [2.05, 4.69) is 4.98 Å². The second-order valence-corrected chi connectivity index (χ2v) is 6.59. The van der Waals surface area contributed by atoms with Crippen LogP contribution in [0, 0.1) is 13.8 Å². The van der Waals surface area contributed by atoms with Crippen LogP contribution in [-0.4, -0.2) is 19.2 Å². The lowest BCUT2D eigenvalue weighted by molar-refractivity contribution is 0.786. The van der Waals surface area contributed by atoms with Gasteiger partial charge in [0.15, 0.2) is 11.3 Å². The molecule has 0 amide bonds. The molecule has 0 aliphatic carbocycles. The lowest BCUT2D eigenvalue weighted by Gasteiger charge is -2.08. The predicted octanol–water partition coefficient (Wildman–Crippen LogP) is 3.80. The van der Waals surface area contributed by atoms with Crippen LogP contribution in [0.25, 0.3) is 33.3 Å². The Kier molecular flexibility index (Phi) is 3.00. The molecule has 0 aliphatic heterocycles. The zero-order chi connectivity index (χ0) is 17.8. The average Bonchev–Trinajstić information content (AvgIpc) is 2.98. The SMILES string of the molecule is Cc1ccc(-n2c3ncccc3c3nc4ccc(C)cc4c(=O)n32)cc1. The third kappa shape index (κ3) is 2.00. The number of benzene rings is 2. The molecular formula is C21H16N4O. The van der Waals surface area contributed by atoms with Crippen molar-refractivity contribution in [1.29, 1.82) is 0 Å². The van der Waals surface area contributed by atoms with E-state index >= 15 is 0 Å². The summed E-state index contributed by atoms with van der Waals surface area (Å²) in [5.74, 6) is 0. The minimum Gasteiger partial charge on any atom is -0.267 e. The highest BCUT2D eigenvalue weighted by molar-refractivity contribution is 5.94. The summed E-state index contributed by atoms with van der Waals surface area (Å²) in [7, 11) is 0. The molecule has 0 spiro atoms. The number of hydrogen-bond donors (Lipinski definition) is 0. The molecule has 0 saturated carbocycles. The Labute approximate surface area is 149 Å². The van der Waals surface area contributed by atoms with E-state index in [1.54, 1.807) is 10.7 Å². The minimum absolute atomic E-state index is 0.0905. The first-order valence-electron chi connectivity index (χ1n) is 8.49. The molecule has 2 aromatic carbocycles. The van der Waals surface area contributed by atoms with Gasteiger partial charge in [-0.05, 0) is 50.2 Å². The lowest BCUT2D eigenvalue weighted by Crippen LogP contribution is -2.21. The van der Waals surface area contributed by atoms with E-state index in [-0.39, 0.29) is 5.56 Å². The number of pyridine rings is 1. The van der Waals surface area contributed by atoms with Gasteiger partial charge >= 0.3 is 0 Å². The Morgan fingerprint density at radius 1 is 0.846 bits per heavy atom. The second-order valence-electron chi connectivity index (χ2n) is 6.59. The Hall–Kier alpha value is -3.47. The standard InChI is InChI=1S/C21H16N4O/c1-13-5-8-15(9-6-13)24-19-16(4-3-11-22-19)20-23-18-10-7-14(2)12-17(18)21(26)25(20)24/h3-12H,1-2H3. The van der Waals surface area contributed by atoms with E-state index in [0.717, 1.165) is 22.2 Å². The fourth-order valence-electron chi connectivity index (χ4n) is 3.41. The maximum Gasteiger partial charge on any atom is 0.281 e. The van der Waals surface area contributed by atoms with Crippen LogP contribution in [0.4, 0.5) is 0 Å². The first-order chi connectivity index (χ1) is 12.6. The molecule has 0 N–H and O–H groups in total. The normalized spacial score (nSPS) is 11.6. The average molecular weight is 340 g/mol. The lowest BCUT2D eigenvalue weighted by atomic mass is 10.2. The van der Waals surface area contributed by atoms with Gasteiger partial charge in [-0.25, -0.2) is 14.6 Å². The largest absolute Gasteiger partial charge is 0.281 e. The molecule has 0 aliphatic rings. The van der Waals surface area contributed by atoms with Gasteiger partial charge in [-0.3, -0.25) is 4.79 Å². The van der Waals surface area contributed by atoms with Crippen molar-refractivity contribution in [2.24, 2.45) is 0 Å². The van der Waals surface area contributed by atoms with Crippen LogP contribution >= 0.6 is 0 Å². The zero-order valence-corrected chi connectivity index (χ0v) is 14.5. The molecule has 0 unspecified atom stereocenters. The molecule has 0 fully saturated rings. The molecule has 3 heterocycles. The minimum atomic E-state index is -0.0905. The van der Waals surface area contributed by atoms with Crippen molar-refractivity contribution in [2.75, 3.05) is 0 Å². The number of rotatable bonds is 1. The molecule has 5 nitrogen and oxygen atoms in total. The second kappa shape index (κ2) is 5.26. The maximum atomic E-state index is 13.3. The van der Waals surface area contributed by atoms with Crippen LogP contribution in [0.1, 0.15) is 11.1 Å². The van der Waals surface area contributed by atoms with Gasteiger partial charge in [0.25, 0.3) is 5.56 Å². The van der Waals surface area contributed by atoms with Crippen molar-refractivity contribution in [2.45, 2.75) is 13.8 Å². The van der Waals surface area contributed by atoms with Crippen LogP contribution in [-0.2, 0) is 0 Å². The number of aryl methyl sites for hydroxylation is 2. The van der Waals surface area contributed by atoms with Gasteiger partial charge < -0.3 is 0 Å². The van der Waals surface area contributed by atoms with Crippen molar-refractivity contribution in [3.05, 3.63) is 82.3 Å². The van der Waals surface area contributed by atoms with E-state index in [0.29, 0.717) is 22.2 Å². The third-order valence-electron chi connectivity index (χ3n) is 4.71. The van der Waals surface area contributed by atoms with Crippen LogP contribution in [0.5, 0.6) is 0 Å². The van der Waals surface area contributed by atoms with Crippen molar-refractivity contribution < 1.29 is 0 Å². The van der Waals surface area contributed by atoms with Crippen molar-refractivity contribution in [3.63, 3.8) is 0 Å². The molecule has 0 radical (unpaired) electrons. The van der Waals surface area contributed by atoms with E-state index in [1.165, 1.54) is 0 Å². The molecule has 5 heteroatoms. The summed E-state index contributed by atoms with van der Waals surface area (Å²) in [6.07, 6.45) is 1.74. The van der Waals surface area contributed by atoms with Gasteiger partial charge in [0.05, 0.1) is 22.0 Å². The molecule has 0 atom stereocenters. The van der Waals surface area contributed by atoms with Gasteiger partial charge in [0.1, 0.15) is 0 Å². The van der Waals surface area contributed by atoms with E-state index in [4.69, 9.17) is 4.98 Å². The summed E-state index contributed by atoms with van der Waals surface area (Å²) in [4.78, 5) is 22.6. The molecule has 0 saturated heterocycles.